The summed E-state index contributed by atoms with van der Waals surface area (Å²) in [5, 5.41) is 0. The highest BCUT2D eigenvalue weighted by Crippen LogP contribution is 2.36. The minimum absolute atomic E-state index is 0.247. The van der Waals surface area contributed by atoms with Gasteiger partial charge in [-0.15, -0.1) is 0 Å². The monoisotopic (exact) mass is 280 g/mol. The first kappa shape index (κ1) is 15.3. The number of rotatable bonds is 3. The third-order valence-electron chi connectivity index (χ3n) is 4.07. The van der Waals surface area contributed by atoms with Crippen LogP contribution in [0.2, 0.25) is 0 Å². The lowest BCUT2D eigenvalue weighted by molar-refractivity contribution is 0.00578. The SMILES string of the molecule is CCOc1cc(B2OC(C)(C)C(C)(C)O2)cc(C)c1F. The normalized spacial score (nSPS) is 20.2. The Hall–Kier alpha value is -1.07. The van der Waals surface area contributed by atoms with Gasteiger partial charge in [0.25, 0.3) is 0 Å². The van der Waals surface area contributed by atoms with Crippen molar-refractivity contribution in [2.45, 2.75) is 52.7 Å². The van der Waals surface area contributed by atoms with Crippen molar-refractivity contribution in [3.05, 3.63) is 23.5 Å². The van der Waals surface area contributed by atoms with Crippen LogP contribution in [-0.4, -0.2) is 24.9 Å². The summed E-state index contributed by atoms with van der Waals surface area (Å²) < 4.78 is 31.2. The molecule has 0 radical (unpaired) electrons. The second-order valence-corrected chi connectivity index (χ2v) is 6.17. The summed E-state index contributed by atoms with van der Waals surface area (Å²) in [6.45, 7) is 11.9. The van der Waals surface area contributed by atoms with E-state index in [0.29, 0.717) is 12.2 Å². The number of hydrogen-bond donors (Lipinski definition) is 0. The van der Waals surface area contributed by atoms with Gasteiger partial charge in [0.2, 0.25) is 0 Å². The van der Waals surface area contributed by atoms with E-state index in [2.05, 4.69) is 0 Å². The van der Waals surface area contributed by atoms with Crippen LogP contribution in [0.5, 0.6) is 5.75 Å². The van der Waals surface area contributed by atoms with Gasteiger partial charge < -0.3 is 14.0 Å². The van der Waals surface area contributed by atoms with Crippen LogP contribution in [-0.2, 0) is 9.31 Å². The topological polar surface area (TPSA) is 27.7 Å². The predicted octanol–water partition coefficient (Wildman–Crippen LogP) is 2.83. The second-order valence-electron chi connectivity index (χ2n) is 6.17. The minimum atomic E-state index is -0.501. The van der Waals surface area contributed by atoms with Gasteiger partial charge >= 0.3 is 7.12 Å². The zero-order valence-electron chi connectivity index (χ0n) is 13.0. The van der Waals surface area contributed by atoms with E-state index in [4.69, 9.17) is 14.0 Å². The van der Waals surface area contributed by atoms with Crippen LogP contribution in [0.25, 0.3) is 0 Å². The maximum atomic E-state index is 14.0. The molecule has 2 rings (SSSR count). The van der Waals surface area contributed by atoms with Gasteiger partial charge in [-0.05, 0) is 58.6 Å². The Bertz CT molecular complexity index is 498. The quantitative estimate of drug-likeness (QED) is 0.797. The molecule has 0 N–H and O–H groups in total. The Morgan fingerprint density at radius 3 is 2.20 bits per heavy atom. The molecular formula is C15H22BFO3. The third-order valence-corrected chi connectivity index (χ3v) is 4.07. The van der Waals surface area contributed by atoms with Crippen LogP contribution in [0.3, 0.4) is 0 Å². The van der Waals surface area contributed by atoms with Gasteiger partial charge in [0.1, 0.15) is 0 Å². The molecule has 0 aromatic heterocycles. The average molecular weight is 280 g/mol. The van der Waals surface area contributed by atoms with E-state index in [1.807, 2.05) is 34.6 Å². The molecule has 1 saturated heterocycles. The summed E-state index contributed by atoms with van der Waals surface area (Å²) >= 11 is 0. The van der Waals surface area contributed by atoms with Gasteiger partial charge in [-0.3, -0.25) is 0 Å². The van der Waals surface area contributed by atoms with E-state index in [1.54, 1.807) is 19.1 Å². The summed E-state index contributed by atoms with van der Waals surface area (Å²) in [7, 11) is -0.501. The van der Waals surface area contributed by atoms with Crippen LogP contribution < -0.4 is 10.2 Å². The summed E-state index contributed by atoms with van der Waals surface area (Å²) in [5.41, 5.74) is 0.490. The third kappa shape index (κ3) is 2.57. The van der Waals surface area contributed by atoms with Crippen molar-refractivity contribution in [3.8, 4) is 5.75 Å². The molecule has 0 saturated carbocycles. The molecule has 110 valence electrons. The molecule has 0 amide bonds. The van der Waals surface area contributed by atoms with E-state index in [1.165, 1.54) is 0 Å². The average Bonchev–Trinajstić information content (AvgIpc) is 2.54. The highest BCUT2D eigenvalue weighted by molar-refractivity contribution is 6.62. The van der Waals surface area contributed by atoms with Crippen LogP contribution in [0.4, 0.5) is 4.39 Å². The van der Waals surface area contributed by atoms with Gasteiger partial charge in [-0.2, -0.15) is 0 Å². The van der Waals surface area contributed by atoms with E-state index in [9.17, 15) is 4.39 Å². The van der Waals surface area contributed by atoms with Crippen molar-refractivity contribution in [2.24, 2.45) is 0 Å². The second kappa shape index (κ2) is 5.04. The van der Waals surface area contributed by atoms with Crippen molar-refractivity contribution in [3.63, 3.8) is 0 Å². The summed E-state index contributed by atoms with van der Waals surface area (Å²) in [6.07, 6.45) is 0. The van der Waals surface area contributed by atoms with E-state index in [-0.39, 0.29) is 11.6 Å². The van der Waals surface area contributed by atoms with Crippen LogP contribution >= 0.6 is 0 Å². The molecule has 0 unspecified atom stereocenters. The molecule has 1 aromatic carbocycles. The Labute approximate surface area is 120 Å². The number of benzene rings is 1. The van der Waals surface area contributed by atoms with Crippen molar-refractivity contribution >= 4 is 12.6 Å². The Balaban J connectivity index is 2.35. The fourth-order valence-electron chi connectivity index (χ4n) is 2.14. The predicted molar refractivity (Wildman–Crippen MR) is 78.0 cm³/mol. The molecule has 20 heavy (non-hydrogen) atoms. The van der Waals surface area contributed by atoms with Gasteiger partial charge in [0, 0.05) is 0 Å². The zero-order valence-corrected chi connectivity index (χ0v) is 13.0. The lowest BCUT2D eigenvalue weighted by atomic mass is 9.78. The molecule has 1 aliphatic rings. The molecule has 1 heterocycles. The summed E-state index contributed by atoms with van der Waals surface area (Å²) in [5.74, 6) is -0.0793. The van der Waals surface area contributed by atoms with E-state index < -0.39 is 18.3 Å². The molecular weight excluding hydrogens is 258 g/mol. The molecule has 3 nitrogen and oxygen atoms in total. The molecule has 0 aliphatic carbocycles. The molecule has 0 spiro atoms. The Kier molecular flexibility index (Phi) is 3.86. The highest BCUT2D eigenvalue weighted by atomic mass is 19.1. The van der Waals surface area contributed by atoms with Crippen molar-refractivity contribution in [1.29, 1.82) is 0 Å². The van der Waals surface area contributed by atoms with Crippen molar-refractivity contribution < 1.29 is 18.4 Å². The number of halogens is 1. The van der Waals surface area contributed by atoms with E-state index in [0.717, 1.165) is 5.46 Å². The first-order valence-electron chi connectivity index (χ1n) is 6.96. The fourth-order valence-corrected chi connectivity index (χ4v) is 2.14. The summed E-state index contributed by atoms with van der Waals surface area (Å²) in [6, 6.07) is 3.41. The molecule has 1 fully saturated rings. The first-order valence-corrected chi connectivity index (χ1v) is 6.96. The first-order chi connectivity index (χ1) is 9.18. The smallest absolute Gasteiger partial charge is 0.491 e. The van der Waals surface area contributed by atoms with E-state index >= 15 is 0 Å². The molecule has 0 atom stereocenters. The van der Waals surface area contributed by atoms with Crippen molar-refractivity contribution in [1.82, 2.24) is 0 Å². The van der Waals surface area contributed by atoms with Crippen LogP contribution in [0.15, 0.2) is 12.1 Å². The van der Waals surface area contributed by atoms with Gasteiger partial charge in [0.05, 0.1) is 17.8 Å². The molecule has 5 heteroatoms. The van der Waals surface area contributed by atoms with Gasteiger partial charge in [0.15, 0.2) is 11.6 Å². The summed E-state index contributed by atoms with van der Waals surface area (Å²) in [4.78, 5) is 0. The van der Waals surface area contributed by atoms with Gasteiger partial charge in [-0.25, -0.2) is 4.39 Å². The maximum absolute atomic E-state index is 14.0. The molecule has 1 aromatic rings. The number of ether oxygens (including phenoxy) is 1. The molecule has 0 bridgehead atoms. The van der Waals surface area contributed by atoms with Crippen LogP contribution in [0, 0.1) is 12.7 Å². The minimum Gasteiger partial charge on any atom is -0.491 e. The van der Waals surface area contributed by atoms with Crippen LogP contribution in [0.1, 0.15) is 40.2 Å². The number of hydrogen-bond acceptors (Lipinski definition) is 3. The van der Waals surface area contributed by atoms with Crippen molar-refractivity contribution in [2.75, 3.05) is 6.61 Å². The Morgan fingerprint density at radius 2 is 1.70 bits per heavy atom. The Morgan fingerprint density at radius 1 is 1.15 bits per heavy atom. The fraction of sp³-hybridized carbons (Fsp3) is 0.600. The number of aryl methyl sites for hydroxylation is 1. The van der Waals surface area contributed by atoms with Gasteiger partial charge in [-0.1, -0.05) is 6.07 Å². The largest absolute Gasteiger partial charge is 0.494 e. The zero-order chi connectivity index (χ0) is 15.1. The lowest BCUT2D eigenvalue weighted by Gasteiger charge is -2.32. The maximum Gasteiger partial charge on any atom is 0.494 e. The molecule has 1 aliphatic heterocycles. The highest BCUT2D eigenvalue weighted by Gasteiger charge is 2.51. The standard InChI is InChI=1S/C15H22BFO3/c1-7-18-12-9-11(8-10(2)13(12)17)16-19-14(3,4)15(5,6)20-16/h8-9H,7H2,1-6H3. The lowest BCUT2D eigenvalue weighted by Crippen LogP contribution is -2.41.